The van der Waals surface area contributed by atoms with Crippen LogP contribution in [-0.2, 0) is 0 Å². The van der Waals surface area contributed by atoms with E-state index in [9.17, 15) is 0 Å². The lowest BCUT2D eigenvalue weighted by Gasteiger charge is -2.16. The van der Waals surface area contributed by atoms with E-state index in [2.05, 4.69) is 5.32 Å². The van der Waals surface area contributed by atoms with Crippen LogP contribution in [0, 0.1) is 0 Å². The van der Waals surface area contributed by atoms with Crippen molar-refractivity contribution in [3.63, 3.8) is 0 Å². The third-order valence-corrected chi connectivity index (χ3v) is 3.53. The van der Waals surface area contributed by atoms with Crippen LogP contribution in [0.1, 0.15) is 25.7 Å². The fraction of sp³-hybridized carbons (Fsp3) is 0.455. The number of hydrogen-bond acceptors (Lipinski definition) is 2. The van der Waals surface area contributed by atoms with Gasteiger partial charge in [0.15, 0.2) is 0 Å². The number of anilines is 2. The Labute approximate surface area is 99.7 Å². The second kappa shape index (κ2) is 4.50. The van der Waals surface area contributed by atoms with E-state index in [4.69, 9.17) is 28.9 Å². The molecule has 82 valence electrons. The molecular formula is C11H14Cl2N2. The first kappa shape index (κ1) is 10.9. The first-order valence-corrected chi connectivity index (χ1v) is 5.93. The highest BCUT2D eigenvalue weighted by Crippen LogP contribution is 2.32. The highest BCUT2D eigenvalue weighted by molar-refractivity contribution is 6.42. The highest BCUT2D eigenvalue weighted by atomic mass is 35.5. The molecule has 1 fully saturated rings. The molecule has 0 amide bonds. The van der Waals surface area contributed by atoms with Crippen LogP contribution in [0.3, 0.4) is 0 Å². The molecule has 1 saturated carbocycles. The van der Waals surface area contributed by atoms with E-state index in [0.29, 0.717) is 21.8 Å². The van der Waals surface area contributed by atoms with Gasteiger partial charge in [0.1, 0.15) is 0 Å². The van der Waals surface area contributed by atoms with E-state index in [1.54, 1.807) is 12.1 Å². The molecule has 0 unspecified atom stereocenters. The minimum absolute atomic E-state index is 0.506. The SMILES string of the molecule is Nc1cc(Cl)c(Cl)cc1NC1CCCC1. The molecule has 0 aliphatic heterocycles. The van der Waals surface area contributed by atoms with Gasteiger partial charge < -0.3 is 11.1 Å². The van der Waals surface area contributed by atoms with Gasteiger partial charge in [-0.05, 0) is 25.0 Å². The average Bonchev–Trinajstić information content (AvgIpc) is 2.67. The molecule has 3 N–H and O–H groups in total. The molecule has 1 aromatic carbocycles. The van der Waals surface area contributed by atoms with Crippen LogP contribution >= 0.6 is 23.2 Å². The van der Waals surface area contributed by atoms with Crippen LogP contribution in [0.2, 0.25) is 10.0 Å². The molecule has 4 heteroatoms. The maximum atomic E-state index is 5.94. The van der Waals surface area contributed by atoms with Gasteiger partial charge in [-0.25, -0.2) is 0 Å². The Kier molecular flexibility index (Phi) is 3.27. The van der Waals surface area contributed by atoms with Crippen molar-refractivity contribution in [1.82, 2.24) is 0 Å². The van der Waals surface area contributed by atoms with Crippen LogP contribution in [-0.4, -0.2) is 6.04 Å². The molecular weight excluding hydrogens is 231 g/mol. The lowest BCUT2D eigenvalue weighted by atomic mass is 10.2. The standard InChI is InChI=1S/C11H14Cl2N2/c12-8-5-10(14)11(6-9(8)13)15-7-3-1-2-4-7/h5-7,15H,1-4,14H2. The van der Waals surface area contributed by atoms with E-state index in [-0.39, 0.29) is 0 Å². The minimum Gasteiger partial charge on any atom is -0.397 e. The summed E-state index contributed by atoms with van der Waals surface area (Å²) < 4.78 is 0. The van der Waals surface area contributed by atoms with Gasteiger partial charge in [0, 0.05) is 6.04 Å². The summed E-state index contributed by atoms with van der Waals surface area (Å²) in [4.78, 5) is 0. The van der Waals surface area contributed by atoms with Gasteiger partial charge in [-0.3, -0.25) is 0 Å². The van der Waals surface area contributed by atoms with E-state index < -0.39 is 0 Å². The van der Waals surface area contributed by atoms with Crippen molar-refractivity contribution < 1.29 is 0 Å². The van der Waals surface area contributed by atoms with Gasteiger partial charge in [0.25, 0.3) is 0 Å². The monoisotopic (exact) mass is 244 g/mol. The molecule has 0 radical (unpaired) electrons. The molecule has 1 aliphatic carbocycles. The first-order valence-electron chi connectivity index (χ1n) is 5.18. The largest absolute Gasteiger partial charge is 0.397 e. The quantitative estimate of drug-likeness (QED) is 0.774. The van der Waals surface area contributed by atoms with Crippen LogP contribution in [0.15, 0.2) is 12.1 Å². The smallest absolute Gasteiger partial charge is 0.0614 e. The van der Waals surface area contributed by atoms with Gasteiger partial charge in [-0.15, -0.1) is 0 Å². The summed E-state index contributed by atoms with van der Waals surface area (Å²) in [5.41, 5.74) is 7.43. The van der Waals surface area contributed by atoms with Crippen molar-refractivity contribution in [3.05, 3.63) is 22.2 Å². The van der Waals surface area contributed by atoms with Crippen LogP contribution in [0.4, 0.5) is 11.4 Å². The predicted molar refractivity (Wildman–Crippen MR) is 66.8 cm³/mol. The molecule has 0 heterocycles. The van der Waals surface area contributed by atoms with Crippen LogP contribution in [0.5, 0.6) is 0 Å². The van der Waals surface area contributed by atoms with Crippen molar-refractivity contribution >= 4 is 34.6 Å². The molecule has 1 aliphatic rings. The fourth-order valence-corrected chi connectivity index (χ4v) is 2.31. The van der Waals surface area contributed by atoms with Crippen LogP contribution in [0.25, 0.3) is 0 Å². The zero-order valence-electron chi connectivity index (χ0n) is 8.39. The first-order chi connectivity index (χ1) is 7.16. The van der Waals surface area contributed by atoms with Gasteiger partial charge in [-0.2, -0.15) is 0 Å². The summed E-state index contributed by atoms with van der Waals surface area (Å²) in [6, 6.07) is 4.03. The predicted octanol–water partition coefficient (Wildman–Crippen LogP) is 3.93. The maximum absolute atomic E-state index is 5.94. The molecule has 0 bridgehead atoms. The summed E-state index contributed by atoms with van der Waals surface area (Å²) in [6.45, 7) is 0. The summed E-state index contributed by atoms with van der Waals surface area (Å²) in [5, 5.41) is 4.46. The molecule has 0 saturated heterocycles. The van der Waals surface area contributed by atoms with E-state index in [0.717, 1.165) is 5.69 Å². The zero-order valence-corrected chi connectivity index (χ0v) is 9.91. The third-order valence-electron chi connectivity index (χ3n) is 2.81. The Morgan fingerprint density at radius 3 is 2.40 bits per heavy atom. The Hall–Kier alpha value is -0.600. The molecule has 0 aromatic heterocycles. The van der Waals surface area contributed by atoms with Crippen LogP contribution < -0.4 is 11.1 Å². The highest BCUT2D eigenvalue weighted by Gasteiger charge is 2.16. The van der Waals surface area contributed by atoms with Crippen molar-refractivity contribution in [2.24, 2.45) is 0 Å². The van der Waals surface area contributed by atoms with Gasteiger partial charge in [-0.1, -0.05) is 36.0 Å². The second-order valence-corrected chi connectivity index (χ2v) is 4.79. The Morgan fingerprint density at radius 1 is 1.13 bits per heavy atom. The lowest BCUT2D eigenvalue weighted by Crippen LogP contribution is -2.15. The summed E-state index contributed by atoms with van der Waals surface area (Å²) in [7, 11) is 0. The third kappa shape index (κ3) is 2.50. The topological polar surface area (TPSA) is 38.0 Å². The van der Waals surface area contributed by atoms with Crippen molar-refractivity contribution in [3.8, 4) is 0 Å². The van der Waals surface area contributed by atoms with Gasteiger partial charge >= 0.3 is 0 Å². The second-order valence-electron chi connectivity index (χ2n) is 3.98. The number of halogens is 2. The molecule has 0 atom stereocenters. The molecule has 2 rings (SSSR count). The number of rotatable bonds is 2. The van der Waals surface area contributed by atoms with E-state index >= 15 is 0 Å². The number of benzene rings is 1. The van der Waals surface area contributed by atoms with Gasteiger partial charge in [0.05, 0.1) is 21.4 Å². The Balaban J connectivity index is 2.16. The zero-order chi connectivity index (χ0) is 10.8. The average molecular weight is 245 g/mol. The summed E-state index contributed by atoms with van der Waals surface area (Å²) in [6.07, 6.45) is 5.00. The summed E-state index contributed by atoms with van der Waals surface area (Å²) >= 11 is 11.8. The molecule has 1 aromatic rings. The van der Waals surface area contributed by atoms with Crippen molar-refractivity contribution in [2.45, 2.75) is 31.7 Å². The molecule has 15 heavy (non-hydrogen) atoms. The normalized spacial score (nSPS) is 16.9. The molecule has 2 nitrogen and oxygen atoms in total. The van der Waals surface area contributed by atoms with Crippen molar-refractivity contribution in [1.29, 1.82) is 0 Å². The lowest BCUT2D eigenvalue weighted by molar-refractivity contribution is 0.756. The van der Waals surface area contributed by atoms with Crippen molar-refractivity contribution in [2.75, 3.05) is 11.1 Å². The number of nitrogen functional groups attached to an aromatic ring is 1. The number of hydrogen-bond donors (Lipinski definition) is 2. The minimum atomic E-state index is 0.506. The Bertz CT molecular complexity index is 360. The molecule has 0 spiro atoms. The fourth-order valence-electron chi connectivity index (χ4n) is 1.98. The van der Waals surface area contributed by atoms with E-state index in [1.165, 1.54) is 25.7 Å². The van der Waals surface area contributed by atoms with E-state index in [1.807, 2.05) is 0 Å². The Morgan fingerprint density at radius 2 is 1.73 bits per heavy atom. The number of nitrogens with one attached hydrogen (secondary N) is 1. The van der Waals surface area contributed by atoms with Gasteiger partial charge in [0.2, 0.25) is 0 Å². The summed E-state index contributed by atoms with van der Waals surface area (Å²) in [5.74, 6) is 0. The maximum Gasteiger partial charge on any atom is 0.0614 e. The number of nitrogens with two attached hydrogens (primary N) is 1.